The van der Waals surface area contributed by atoms with Crippen LogP contribution in [0.3, 0.4) is 0 Å². The second-order valence-corrected chi connectivity index (χ2v) is 21.5. The van der Waals surface area contributed by atoms with Crippen molar-refractivity contribution < 1.29 is 28.6 Å². The standard InChI is InChI=1S/C61H118O6/c1-6-9-10-11-12-13-14-15-16-17-18-23-26-33-38-43-48-53-61(64)67-58(55-66-60(63)52-47-42-37-32-28-27-30-35-40-45-50-57(5)8-3)54-65-59(62)51-46-41-36-31-25-22-20-19-21-24-29-34-39-44-49-56(4)7-2/h56-58H,6-55H2,1-5H3/t56?,57?,58-/m1/s1. The zero-order chi connectivity index (χ0) is 48.9. The molecule has 398 valence electrons. The van der Waals surface area contributed by atoms with Gasteiger partial charge in [-0.25, -0.2) is 0 Å². The number of esters is 3. The summed E-state index contributed by atoms with van der Waals surface area (Å²) >= 11 is 0. The van der Waals surface area contributed by atoms with E-state index in [0.717, 1.165) is 69.6 Å². The van der Waals surface area contributed by atoms with Gasteiger partial charge < -0.3 is 14.2 Å². The lowest BCUT2D eigenvalue weighted by Gasteiger charge is -2.18. The van der Waals surface area contributed by atoms with Gasteiger partial charge in [0.1, 0.15) is 13.2 Å². The highest BCUT2D eigenvalue weighted by Crippen LogP contribution is 2.19. The molecule has 0 aromatic carbocycles. The van der Waals surface area contributed by atoms with Crippen molar-refractivity contribution in [2.45, 2.75) is 349 Å². The molecule has 0 aliphatic carbocycles. The third-order valence-corrected chi connectivity index (χ3v) is 14.7. The van der Waals surface area contributed by atoms with E-state index in [2.05, 4.69) is 34.6 Å². The van der Waals surface area contributed by atoms with Crippen molar-refractivity contribution in [2.24, 2.45) is 11.8 Å². The van der Waals surface area contributed by atoms with Crippen LogP contribution in [0.25, 0.3) is 0 Å². The summed E-state index contributed by atoms with van der Waals surface area (Å²) in [6.45, 7) is 11.5. The molecular weight excluding hydrogens is 829 g/mol. The minimum absolute atomic E-state index is 0.0625. The SMILES string of the molecule is CCCCCCCCCCCCCCCCCCCC(=O)O[C@H](COC(=O)CCCCCCCCCCCCCCCCC(C)CC)COC(=O)CCCCCCCCCCCCC(C)CC. The smallest absolute Gasteiger partial charge is 0.306 e. The highest BCUT2D eigenvalue weighted by molar-refractivity contribution is 5.71. The topological polar surface area (TPSA) is 78.9 Å². The molecule has 0 aliphatic heterocycles. The third kappa shape index (κ3) is 52.1. The summed E-state index contributed by atoms with van der Waals surface area (Å²) in [6.07, 6.45) is 57.9. The first-order valence-corrected chi connectivity index (χ1v) is 30.3. The van der Waals surface area contributed by atoms with E-state index in [4.69, 9.17) is 14.2 Å². The van der Waals surface area contributed by atoms with Gasteiger partial charge in [-0.1, -0.05) is 304 Å². The van der Waals surface area contributed by atoms with Crippen molar-refractivity contribution in [3.8, 4) is 0 Å². The third-order valence-electron chi connectivity index (χ3n) is 14.7. The maximum absolute atomic E-state index is 12.9. The number of ether oxygens (including phenoxy) is 3. The van der Waals surface area contributed by atoms with Crippen LogP contribution >= 0.6 is 0 Å². The first-order chi connectivity index (χ1) is 32.8. The molecule has 6 heteroatoms. The first kappa shape index (κ1) is 65.4. The number of rotatable bonds is 55. The van der Waals surface area contributed by atoms with Crippen molar-refractivity contribution in [2.75, 3.05) is 13.2 Å². The van der Waals surface area contributed by atoms with E-state index in [-0.39, 0.29) is 31.1 Å². The van der Waals surface area contributed by atoms with E-state index in [1.54, 1.807) is 0 Å². The Hall–Kier alpha value is -1.59. The number of hydrogen-bond donors (Lipinski definition) is 0. The molecule has 0 saturated heterocycles. The van der Waals surface area contributed by atoms with Gasteiger partial charge in [0, 0.05) is 19.3 Å². The maximum Gasteiger partial charge on any atom is 0.306 e. The molecule has 0 spiro atoms. The van der Waals surface area contributed by atoms with Crippen LogP contribution < -0.4 is 0 Å². The monoisotopic (exact) mass is 947 g/mol. The van der Waals surface area contributed by atoms with Crippen molar-refractivity contribution >= 4 is 17.9 Å². The van der Waals surface area contributed by atoms with Gasteiger partial charge in [-0.3, -0.25) is 14.4 Å². The number of carbonyl (C=O) groups is 3. The van der Waals surface area contributed by atoms with Gasteiger partial charge in [0.25, 0.3) is 0 Å². The molecule has 0 rings (SSSR count). The Labute approximate surface area is 418 Å². The van der Waals surface area contributed by atoms with Crippen molar-refractivity contribution in [1.82, 2.24) is 0 Å². The van der Waals surface area contributed by atoms with Crippen LogP contribution in [0.4, 0.5) is 0 Å². The fraction of sp³-hybridized carbons (Fsp3) is 0.951. The highest BCUT2D eigenvalue weighted by Gasteiger charge is 2.19. The maximum atomic E-state index is 12.9. The summed E-state index contributed by atoms with van der Waals surface area (Å²) in [6, 6.07) is 0. The van der Waals surface area contributed by atoms with Gasteiger partial charge in [-0.15, -0.1) is 0 Å². The Morgan fingerprint density at radius 2 is 0.522 bits per heavy atom. The van der Waals surface area contributed by atoms with Crippen LogP contribution in [0.5, 0.6) is 0 Å². The van der Waals surface area contributed by atoms with E-state index in [1.165, 1.54) is 231 Å². The van der Waals surface area contributed by atoms with Gasteiger partial charge >= 0.3 is 17.9 Å². The summed E-state index contributed by atoms with van der Waals surface area (Å²) in [5.41, 5.74) is 0. The van der Waals surface area contributed by atoms with Crippen LogP contribution in [-0.2, 0) is 28.6 Å². The predicted octanol–water partition coefficient (Wildman–Crippen LogP) is 20.0. The number of carbonyl (C=O) groups excluding carboxylic acids is 3. The molecular formula is C61H118O6. The summed E-state index contributed by atoms with van der Waals surface area (Å²) in [5.74, 6) is 0.929. The molecule has 67 heavy (non-hydrogen) atoms. The normalized spacial score (nSPS) is 12.9. The Morgan fingerprint density at radius 1 is 0.299 bits per heavy atom. The molecule has 0 aromatic rings. The molecule has 6 nitrogen and oxygen atoms in total. The molecule has 0 radical (unpaired) electrons. The van der Waals surface area contributed by atoms with Crippen LogP contribution in [-0.4, -0.2) is 37.2 Å². The highest BCUT2D eigenvalue weighted by atomic mass is 16.6. The van der Waals surface area contributed by atoms with Gasteiger partial charge in [-0.2, -0.15) is 0 Å². The van der Waals surface area contributed by atoms with Crippen LogP contribution in [0.1, 0.15) is 343 Å². The Bertz CT molecular complexity index is 1030. The summed E-state index contributed by atoms with van der Waals surface area (Å²) in [7, 11) is 0. The minimum atomic E-state index is -0.763. The zero-order valence-corrected chi connectivity index (χ0v) is 46.0. The van der Waals surface area contributed by atoms with Crippen molar-refractivity contribution in [1.29, 1.82) is 0 Å². The number of hydrogen-bond acceptors (Lipinski definition) is 6. The van der Waals surface area contributed by atoms with E-state index < -0.39 is 6.10 Å². The predicted molar refractivity (Wildman–Crippen MR) is 289 cm³/mol. The largest absolute Gasteiger partial charge is 0.462 e. The summed E-state index contributed by atoms with van der Waals surface area (Å²) in [4.78, 5) is 38.2. The average Bonchev–Trinajstić information content (AvgIpc) is 3.33. The van der Waals surface area contributed by atoms with Crippen LogP contribution in [0, 0.1) is 11.8 Å². The molecule has 0 amide bonds. The fourth-order valence-electron chi connectivity index (χ4n) is 9.34. The van der Waals surface area contributed by atoms with Crippen molar-refractivity contribution in [3.63, 3.8) is 0 Å². The lowest BCUT2D eigenvalue weighted by molar-refractivity contribution is -0.167. The average molecular weight is 948 g/mol. The second kappa shape index (κ2) is 53.8. The molecule has 0 bridgehead atoms. The van der Waals surface area contributed by atoms with E-state index in [9.17, 15) is 14.4 Å². The molecule has 0 saturated carbocycles. The summed E-state index contributed by atoms with van der Waals surface area (Å²) < 4.78 is 16.9. The van der Waals surface area contributed by atoms with Crippen LogP contribution in [0.2, 0.25) is 0 Å². The van der Waals surface area contributed by atoms with Crippen molar-refractivity contribution in [3.05, 3.63) is 0 Å². The minimum Gasteiger partial charge on any atom is -0.462 e. The fourth-order valence-corrected chi connectivity index (χ4v) is 9.34. The van der Waals surface area contributed by atoms with Gasteiger partial charge in [-0.05, 0) is 31.1 Å². The molecule has 0 aromatic heterocycles. The van der Waals surface area contributed by atoms with Gasteiger partial charge in [0.15, 0.2) is 6.10 Å². The van der Waals surface area contributed by atoms with Gasteiger partial charge in [0.2, 0.25) is 0 Å². The Balaban J connectivity index is 4.30. The quantitative estimate of drug-likeness (QED) is 0.0343. The number of unbranched alkanes of at least 4 members (excludes halogenated alkanes) is 38. The Kier molecular flexibility index (Phi) is 52.5. The second-order valence-electron chi connectivity index (χ2n) is 21.5. The van der Waals surface area contributed by atoms with E-state index >= 15 is 0 Å². The molecule has 0 N–H and O–H groups in total. The molecule has 2 unspecified atom stereocenters. The molecule has 0 heterocycles. The molecule has 3 atom stereocenters. The zero-order valence-electron chi connectivity index (χ0n) is 46.0. The van der Waals surface area contributed by atoms with Crippen LogP contribution in [0.15, 0.2) is 0 Å². The lowest BCUT2D eigenvalue weighted by Crippen LogP contribution is -2.30. The van der Waals surface area contributed by atoms with E-state index in [1.807, 2.05) is 0 Å². The summed E-state index contributed by atoms with van der Waals surface area (Å²) in [5, 5.41) is 0. The molecule has 0 aliphatic rings. The van der Waals surface area contributed by atoms with E-state index in [0.29, 0.717) is 19.3 Å². The molecule has 0 fully saturated rings. The lowest BCUT2D eigenvalue weighted by atomic mass is 9.99. The van der Waals surface area contributed by atoms with Gasteiger partial charge in [0.05, 0.1) is 0 Å². The first-order valence-electron chi connectivity index (χ1n) is 30.3. The Morgan fingerprint density at radius 3 is 0.776 bits per heavy atom.